The van der Waals surface area contributed by atoms with E-state index < -0.39 is 23.3 Å². The highest BCUT2D eigenvalue weighted by Gasteiger charge is 2.41. The fourth-order valence-corrected chi connectivity index (χ4v) is 6.76. The standard InChI is InChI=1S/C32H40F2N6O2/c1-23(32(41,20-39-22-35-21-37-39)29-12-10-26(33)16-30(29)34)40-31-13-11-27(15-25(31)17-36-40)38(18-24-7-3-2-4-8-24)19-28-9-5-6-14-42-28/h10-13,15-17,21-24,28,41H,2-9,14,18-20H2,1H3/t23-,28?,32-/m1/s1. The van der Waals surface area contributed by atoms with Crippen molar-refractivity contribution in [1.82, 2.24) is 24.5 Å². The number of nitrogens with zero attached hydrogens (tertiary/aromatic N) is 6. The van der Waals surface area contributed by atoms with Crippen LogP contribution < -0.4 is 4.90 Å². The van der Waals surface area contributed by atoms with Crippen molar-refractivity contribution in [1.29, 1.82) is 0 Å². The summed E-state index contributed by atoms with van der Waals surface area (Å²) in [6.45, 7) is 4.41. The SMILES string of the molecule is C[C@@H](n1ncc2cc(N(CC3CCCCC3)CC3CCCCO3)ccc21)[C@](O)(Cn1cncn1)c1ccc(F)cc1F. The maximum absolute atomic E-state index is 15.1. The molecule has 1 unspecified atom stereocenters. The van der Waals surface area contributed by atoms with Gasteiger partial charge >= 0.3 is 0 Å². The molecule has 1 aliphatic carbocycles. The van der Waals surface area contributed by atoms with Crippen molar-refractivity contribution < 1.29 is 18.6 Å². The van der Waals surface area contributed by atoms with E-state index in [9.17, 15) is 9.50 Å². The Morgan fingerprint density at radius 3 is 2.60 bits per heavy atom. The Balaban J connectivity index is 1.32. The molecule has 2 fully saturated rings. The molecule has 8 nitrogen and oxygen atoms in total. The Morgan fingerprint density at radius 2 is 1.86 bits per heavy atom. The normalized spacial score (nSPS) is 20.4. The maximum Gasteiger partial charge on any atom is 0.137 e. The smallest absolute Gasteiger partial charge is 0.137 e. The minimum Gasteiger partial charge on any atom is -0.381 e. The molecule has 1 N–H and O–H groups in total. The molecule has 6 rings (SSSR count). The summed E-state index contributed by atoms with van der Waals surface area (Å²) in [5, 5.41) is 21.8. The summed E-state index contributed by atoms with van der Waals surface area (Å²) in [7, 11) is 0. The summed E-state index contributed by atoms with van der Waals surface area (Å²) in [6.07, 6.45) is 14.7. The molecule has 1 saturated heterocycles. The lowest BCUT2D eigenvalue weighted by atomic mass is 9.86. The summed E-state index contributed by atoms with van der Waals surface area (Å²) in [5.74, 6) is -0.856. The van der Waals surface area contributed by atoms with Crippen LogP contribution in [0.15, 0.2) is 55.2 Å². The van der Waals surface area contributed by atoms with Gasteiger partial charge in [0.15, 0.2) is 0 Å². The third-order valence-electron chi connectivity index (χ3n) is 9.17. The van der Waals surface area contributed by atoms with Gasteiger partial charge in [-0.25, -0.2) is 18.4 Å². The van der Waals surface area contributed by atoms with Crippen LogP contribution in [0.1, 0.15) is 69.9 Å². The molecule has 0 amide bonds. The number of aromatic nitrogens is 5. The first-order chi connectivity index (χ1) is 20.4. The molecule has 0 spiro atoms. The van der Waals surface area contributed by atoms with Crippen molar-refractivity contribution in [3.8, 4) is 0 Å². The van der Waals surface area contributed by atoms with Crippen LogP contribution in [0.3, 0.4) is 0 Å². The molecule has 2 aliphatic rings. The van der Waals surface area contributed by atoms with Gasteiger partial charge in [0, 0.05) is 42.4 Å². The lowest BCUT2D eigenvalue weighted by Gasteiger charge is -2.36. The Labute approximate surface area is 245 Å². The zero-order valence-corrected chi connectivity index (χ0v) is 24.2. The molecule has 42 heavy (non-hydrogen) atoms. The summed E-state index contributed by atoms with van der Waals surface area (Å²) < 4.78 is 38.2. The minimum atomic E-state index is -1.80. The van der Waals surface area contributed by atoms with Crippen LogP contribution in [0.2, 0.25) is 0 Å². The molecule has 1 aliphatic heterocycles. The second kappa shape index (κ2) is 12.5. The topological polar surface area (TPSA) is 81.2 Å². The third-order valence-corrected chi connectivity index (χ3v) is 9.17. The highest BCUT2D eigenvalue weighted by Crippen LogP contribution is 2.38. The quantitative estimate of drug-likeness (QED) is 0.248. The van der Waals surface area contributed by atoms with Crippen molar-refractivity contribution in [3.63, 3.8) is 0 Å². The molecule has 3 atom stereocenters. The van der Waals surface area contributed by atoms with Gasteiger partial charge in [-0.2, -0.15) is 10.2 Å². The Morgan fingerprint density at radius 1 is 1.02 bits per heavy atom. The lowest BCUT2D eigenvalue weighted by molar-refractivity contribution is -0.0354. The van der Waals surface area contributed by atoms with Gasteiger partial charge in [-0.05, 0) is 69.2 Å². The van der Waals surface area contributed by atoms with Crippen LogP contribution in [-0.4, -0.2) is 55.5 Å². The van der Waals surface area contributed by atoms with Crippen molar-refractivity contribution >= 4 is 16.6 Å². The number of hydrogen-bond donors (Lipinski definition) is 1. The molecule has 10 heteroatoms. The lowest BCUT2D eigenvalue weighted by Crippen LogP contribution is -2.41. The fraction of sp³-hybridized carbons (Fsp3) is 0.531. The molecular weight excluding hydrogens is 538 g/mol. The fourth-order valence-electron chi connectivity index (χ4n) is 6.76. The number of anilines is 1. The van der Waals surface area contributed by atoms with Gasteiger partial charge in [-0.15, -0.1) is 0 Å². The van der Waals surface area contributed by atoms with Crippen LogP contribution in [0.25, 0.3) is 10.9 Å². The summed E-state index contributed by atoms with van der Waals surface area (Å²) in [4.78, 5) is 6.46. The molecule has 1 saturated carbocycles. The van der Waals surface area contributed by atoms with Gasteiger partial charge in [-0.1, -0.05) is 25.3 Å². The number of benzene rings is 2. The first-order valence-electron chi connectivity index (χ1n) is 15.2. The molecule has 3 heterocycles. The molecular formula is C32H40F2N6O2. The number of aliphatic hydroxyl groups is 1. The highest BCUT2D eigenvalue weighted by molar-refractivity contribution is 5.83. The van der Waals surface area contributed by atoms with E-state index in [1.807, 2.05) is 6.07 Å². The number of halogens is 2. The first-order valence-corrected chi connectivity index (χ1v) is 15.2. The Hall–Kier alpha value is -3.37. The van der Waals surface area contributed by atoms with Gasteiger partial charge in [-0.3, -0.25) is 4.68 Å². The van der Waals surface area contributed by atoms with E-state index >= 15 is 4.39 Å². The summed E-state index contributed by atoms with van der Waals surface area (Å²) in [6, 6.07) is 8.82. The second-order valence-corrected chi connectivity index (χ2v) is 12.0. The largest absolute Gasteiger partial charge is 0.381 e. The Bertz CT molecular complexity index is 1450. The van der Waals surface area contributed by atoms with Crippen molar-refractivity contribution in [3.05, 3.63) is 72.4 Å². The van der Waals surface area contributed by atoms with Crippen LogP contribution in [0.5, 0.6) is 0 Å². The zero-order chi connectivity index (χ0) is 29.1. The molecule has 0 radical (unpaired) electrons. The monoisotopic (exact) mass is 578 g/mol. The van der Waals surface area contributed by atoms with Crippen molar-refractivity contribution in [2.24, 2.45) is 5.92 Å². The van der Waals surface area contributed by atoms with E-state index in [2.05, 4.69) is 32.2 Å². The van der Waals surface area contributed by atoms with Gasteiger partial charge in [0.2, 0.25) is 0 Å². The van der Waals surface area contributed by atoms with Crippen molar-refractivity contribution in [2.45, 2.75) is 82.6 Å². The van der Waals surface area contributed by atoms with E-state index in [4.69, 9.17) is 4.74 Å². The average Bonchev–Trinajstić information content (AvgIpc) is 3.67. The van der Waals surface area contributed by atoms with Crippen LogP contribution in [0, 0.1) is 17.6 Å². The molecule has 0 bridgehead atoms. The number of ether oxygens (including phenoxy) is 1. The molecule has 2 aromatic carbocycles. The van der Waals surface area contributed by atoms with Gasteiger partial charge in [0.05, 0.1) is 30.4 Å². The van der Waals surface area contributed by atoms with Crippen molar-refractivity contribution in [2.75, 3.05) is 24.6 Å². The van der Waals surface area contributed by atoms with Gasteiger partial charge in [0.25, 0.3) is 0 Å². The van der Waals surface area contributed by atoms with Gasteiger partial charge in [0.1, 0.15) is 29.9 Å². The summed E-state index contributed by atoms with van der Waals surface area (Å²) >= 11 is 0. The minimum absolute atomic E-state index is 0.0293. The van der Waals surface area contributed by atoms with E-state index in [1.54, 1.807) is 17.8 Å². The number of hydrogen-bond acceptors (Lipinski definition) is 6. The van der Waals surface area contributed by atoms with E-state index in [-0.39, 0.29) is 18.2 Å². The third kappa shape index (κ3) is 6.06. The predicted octanol–water partition coefficient (Wildman–Crippen LogP) is 6.01. The zero-order valence-electron chi connectivity index (χ0n) is 24.2. The molecule has 224 valence electrons. The van der Waals surface area contributed by atoms with E-state index in [0.29, 0.717) is 5.92 Å². The second-order valence-electron chi connectivity index (χ2n) is 12.0. The van der Waals surface area contributed by atoms with Crippen LogP contribution >= 0.6 is 0 Å². The van der Waals surface area contributed by atoms with Crippen LogP contribution in [-0.2, 0) is 16.9 Å². The first kappa shape index (κ1) is 28.7. The average molecular weight is 579 g/mol. The maximum atomic E-state index is 15.1. The number of fused-ring (bicyclic) bond motifs is 1. The highest BCUT2D eigenvalue weighted by atomic mass is 19.1. The van der Waals surface area contributed by atoms with E-state index in [1.165, 1.54) is 61.9 Å². The number of rotatable bonds is 10. The Kier molecular flexibility index (Phi) is 8.53. The van der Waals surface area contributed by atoms with Crippen LogP contribution in [0.4, 0.5) is 14.5 Å². The molecule has 4 aromatic rings. The van der Waals surface area contributed by atoms with Gasteiger partial charge < -0.3 is 14.7 Å². The summed E-state index contributed by atoms with van der Waals surface area (Å²) in [5.41, 5.74) is 0.126. The molecule has 2 aromatic heterocycles. The van der Waals surface area contributed by atoms with E-state index in [0.717, 1.165) is 61.3 Å². The predicted molar refractivity (Wildman–Crippen MR) is 157 cm³/mol.